The van der Waals surface area contributed by atoms with Gasteiger partial charge in [0.2, 0.25) is 0 Å². The number of aryl methyl sites for hydroxylation is 1. The first-order valence-electron chi connectivity index (χ1n) is 6.35. The van der Waals surface area contributed by atoms with Crippen molar-refractivity contribution in [1.82, 2.24) is 0 Å². The Bertz CT molecular complexity index is 541. The van der Waals surface area contributed by atoms with E-state index in [0.717, 1.165) is 29.6 Å². The summed E-state index contributed by atoms with van der Waals surface area (Å²) in [5.74, 6) is 0.633. The monoisotopic (exact) mass is 258 g/mol. The van der Waals surface area contributed by atoms with Crippen molar-refractivity contribution in [3.63, 3.8) is 0 Å². The van der Waals surface area contributed by atoms with Crippen molar-refractivity contribution < 1.29 is 14.3 Å². The van der Waals surface area contributed by atoms with E-state index in [2.05, 4.69) is 12.6 Å². The molecule has 0 aromatic heterocycles. The molecule has 1 aliphatic rings. The minimum atomic E-state index is -0.672. The van der Waals surface area contributed by atoms with Crippen LogP contribution in [0.3, 0.4) is 0 Å². The third-order valence-electron chi connectivity index (χ3n) is 3.04. The van der Waals surface area contributed by atoms with E-state index < -0.39 is 6.16 Å². The number of benzene rings is 1. The van der Waals surface area contributed by atoms with Crippen molar-refractivity contribution in [3.8, 4) is 0 Å². The van der Waals surface area contributed by atoms with Gasteiger partial charge in [0.05, 0.1) is 0 Å². The van der Waals surface area contributed by atoms with E-state index in [-0.39, 0.29) is 6.61 Å². The fraction of sp³-hybridized carbons (Fsp3) is 0.312. The molecule has 0 saturated carbocycles. The number of fused-ring (bicyclic) bond motifs is 1. The van der Waals surface area contributed by atoms with Crippen LogP contribution in [0.25, 0.3) is 5.76 Å². The molecule has 3 heteroatoms. The first-order chi connectivity index (χ1) is 9.08. The van der Waals surface area contributed by atoms with Crippen LogP contribution in [0.15, 0.2) is 42.0 Å². The maximum absolute atomic E-state index is 11.7. The molecule has 0 fully saturated rings. The van der Waals surface area contributed by atoms with Crippen LogP contribution in [-0.4, -0.2) is 12.8 Å². The molecule has 2 rings (SSSR count). The molecule has 1 aromatic rings. The van der Waals surface area contributed by atoms with Crippen molar-refractivity contribution in [2.24, 2.45) is 0 Å². The summed E-state index contributed by atoms with van der Waals surface area (Å²) >= 11 is 0. The van der Waals surface area contributed by atoms with E-state index in [4.69, 9.17) is 9.47 Å². The predicted octanol–water partition coefficient (Wildman–Crippen LogP) is 4.09. The summed E-state index contributed by atoms with van der Waals surface area (Å²) in [4.78, 5) is 11.7. The lowest BCUT2D eigenvalue weighted by atomic mass is 9.91. The number of carbonyl (C=O) groups is 1. The van der Waals surface area contributed by atoms with Gasteiger partial charge in [0.1, 0.15) is 12.4 Å². The minimum Gasteiger partial charge on any atom is -0.429 e. The zero-order valence-electron chi connectivity index (χ0n) is 11.4. The van der Waals surface area contributed by atoms with Gasteiger partial charge in [0, 0.05) is 5.56 Å². The van der Waals surface area contributed by atoms with E-state index in [9.17, 15) is 4.79 Å². The molecule has 0 spiro atoms. The zero-order valence-corrected chi connectivity index (χ0v) is 11.4. The van der Waals surface area contributed by atoms with Crippen molar-refractivity contribution in [2.75, 3.05) is 6.61 Å². The van der Waals surface area contributed by atoms with E-state index in [1.165, 1.54) is 5.56 Å². The maximum Gasteiger partial charge on any atom is 0.514 e. The van der Waals surface area contributed by atoms with Crippen molar-refractivity contribution in [2.45, 2.75) is 26.7 Å². The highest BCUT2D eigenvalue weighted by molar-refractivity contribution is 5.76. The van der Waals surface area contributed by atoms with Crippen LogP contribution in [0.4, 0.5) is 4.79 Å². The minimum absolute atomic E-state index is 0.187. The second kappa shape index (κ2) is 5.74. The van der Waals surface area contributed by atoms with E-state index in [1.807, 2.05) is 25.1 Å². The highest BCUT2D eigenvalue weighted by Crippen LogP contribution is 2.32. The summed E-state index contributed by atoms with van der Waals surface area (Å²) in [6.07, 6.45) is 1.21. The molecule has 19 heavy (non-hydrogen) atoms. The van der Waals surface area contributed by atoms with Gasteiger partial charge in [-0.05, 0) is 43.4 Å². The Morgan fingerprint density at radius 1 is 1.32 bits per heavy atom. The highest BCUT2D eigenvalue weighted by atomic mass is 16.7. The first-order valence-corrected chi connectivity index (χ1v) is 6.35. The lowest BCUT2D eigenvalue weighted by Crippen LogP contribution is -2.12. The summed E-state index contributed by atoms with van der Waals surface area (Å²) in [6, 6.07) is 7.97. The Hall–Kier alpha value is -2.03. The fourth-order valence-electron chi connectivity index (χ4n) is 2.06. The van der Waals surface area contributed by atoms with Crippen LogP contribution in [-0.2, 0) is 15.9 Å². The smallest absolute Gasteiger partial charge is 0.429 e. The number of allylic oxidation sites excluding steroid dienone is 1. The third kappa shape index (κ3) is 3.25. The Morgan fingerprint density at radius 3 is 2.79 bits per heavy atom. The largest absolute Gasteiger partial charge is 0.514 e. The van der Waals surface area contributed by atoms with Crippen molar-refractivity contribution >= 4 is 11.9 Å². The number of carbonyl (C=O) groups excluding carboxylic acids is 1. The highest BCUT2D eigenvalue weighted by Gasteiger charge is 2.20. The molecule has 0 radical (unpaired) electrons. The van der Waals surface area contributed by atoms with E-state index in [0.29, 0.717) is 5.76 Å². The first kappa shape index (κ1) is 13.4. The quantitative estimate of drug-likeness (QED) is 0.605. The number of hydrogen-bond acceptors (Lipinski definition) is 3. The predicted molar refractivity (Wildman–Crippen MR) is 74.6 cm³/mol. The number of rotatable bonds is 3. The van der Waals surface area contributed by atoms with Crippen LogP contribution in [0.2, 0.25) is 0 Å². The molecule has 1 aromatic carbocycles. The molecule has 0 amide bonds. The van der Waals surface area contributed by atoms with Crippen molar-refractivity contribution in [1.29, 1.82) is 0 Å². The number of ether oxygens (including phenoxy) is 2. The standard InChI is InChI=1S/C16H18O3/c1-11(2)10-18-16(17)19-15-12(3)8-9-13-6-4-5-7-14(13)15/h4-7H,1,8-10H2,2-3H3. The van der Waals surface area contributed by atoms with Gasteiger partial charge in [-0.25, -0.2) is 4.79 Å². The fourth-order valence-corrected chi connectivity index (χ4v) is 2.06. The molecule has 100 valence electrons. The average Bonchev–Trinajstić information content (AvgIpc) is 2.40. The van der Waals surface area contributed by atoms with Gasteiger partial charge in [-0.1, -0.05) is 30.8 Å². The average molecular weight is 258 g/mol. The van der Waals surface area contributed by atoms with Gasteiger partial charge in [0.25, 0.3) is 0 Å². The molecule has 1 aliphatic carbocycles. The summed E-state index contributed by atoms with van der Waals surface area (Å²) in [7, 11) is 0. The molecule has 0 atom stereocenters. The lowest BCUT2D eigenvalue weighted by Gasteiger charge is -2.20. The second-order valence-corrected chi connectivity index (χ2v) is 4.86. The topological polar surface area (TPSA) is 35.5 Å². The van der Waals surface area contributed by atoms with Gasteiger partial charge in [0.15, 0.2) is 0 Å². The molecule has 0 bridgehead atoms. The van der Waals surface area contributed by atoms with Crippen molar-refractivity contribution in [3.05, 3.63) is 53.1 Å². The summed E-state index contributed by atoms with van der Waals surface area (Å²) < 4.78 is 10.3. The van der Waals surface area contributed by atoms with Gasteiger partial charge in [-0.15, -0.1) is 0 Å². The molecule has 0 heterocycles. The van der Waals surface area contributed by atoms with Crippen LogP contribution >= 0.6 is 0 Å². The lowest BCUT2D eigenvalue weighted by molar-refractivity contribution is 0.0978. The molecular weight excluding hydrogens is 240 g/mol. The summed E-state index contributed by atoms with van der Waals surface area (Å²) in [5.41, 5.74) is 4.05. The van der Waals surface area contributed by atoms with Crippen LogP contribution in [0.5, 0.6) is 0 Å². The molecule has 0 aliphatic heterocycles. The maximum atomic E-state index is 11.7. The third-order valence-corrected chi connectivity index (χ3v) is 3.04. The molecule has 0 unspecified atom stereocenters. The zero-order chi connectivity index (χ0) is 13.8. The van der Waals surface area contributed by atoms with Crippen LogP contribution in [0, 0.1) is 0 Å². The summed E-state index contributed by atoms with van der Waals surface area (Å²) in [6.45, 7) is 7.65. The molecule has 0 saturated heterocycles. The Morgan fingerprint density at radius 2 is 2.05 bits per heavy atom. The van der Waals surface area contributed by atoms with E-state index in [1.54, 1.807) is 6.92 Å². The van der Waals surface area contributed by atoms with Crippen LogP contribution in [0.1, 0.15) is 31.4 Å². The van der Waals surface area contributed by atoms with Gasteiger partial charge in [-0.3, -0.25) is 0 Å². The number of hydrogen-bond donors (Lipinski definition) is 0. The Balaban J connectivity index is 2.14. The van der Waals surface area contributed by atoms with Gasteiger partial charge in [-0.2, -0.15) is 0 Å². The second-order valence-electron chi connectivity index (χ2n) is 4.86. The van der Waals surface area contributed by atoms with E-state index >= 15 is 0 Å². The van der Waals surface area contributed by atoms with Crippen LogP contribution < -0.4 is 0 Å². The SMILES string of the molecule is C=C(C)COC(=O)OC1=C(C)CCc2ccccc21. The Labute approximate surface area is 113 Å². The summed E-state index contributed by atoms with van der Waals surface area (Å²) in [5, 5.41) is 0. The van der Waals surface area contributed by atoms with Gasteiger partial charge < -0.3 is 9.47 Å². The van der Waals surface area contributed by atoms with Gasteiger partial charge >= 0.3 is 6.16 Å². The molecular formula is C16H18O3. The molecule has 3 nitrogen and oxygen atoms in total. The normalized spacial score (nSPS) is 13.8. The Kier molecular flexibility index (Phi) is 4.05. The molecule has 0 N–H and O–H groups in total.